The number of nitrogens with zero attached hydrogens (tertiary/aromatic N) is 4. The van der Waals surface area contributed by atoms with E-state index in [0.29, 0.717) is 12.4 Å². The lowest BCUT2D eigenvalue weighted by molar-refractivity contribution is 0.399. The summed E-state index contributed by atoms with van der Waals surface area (Å²) in [5.41, 5.74) is 17.0. The van der Waals surface area contributed by atoms with Crippen molar-refractivity contribution >= 4 is 33.7 Å². The van der Waals surface area contributed by atoms with Crippen molar-refractivity contribution in [1.29, 1.82) is 0 Å². The number of methoxy groups -OCH3 is 1. The molecule has 2 aromatic heterocycles. The van der Waals surface area contributed by atoms with Crippen molar-refractivity contribution in [3.63, 3.8) is 0 Å². The van der Waals surface area contributed by atoms with Crippen LogP contribution in [0.15, 0.2) is 42.5 Å². The summed E-state index contributed by atoms with van der Waals surface area (Å²) in [4.78, 5) is 10.8. The van der Waals surface area contributed by atoms with E-state index in [4.69, 9.17) is 16.2 Å². The maximum Gasteiger partial charge on any atom is 0.222 e. The number of fused-ring (bicyclic) bond motifs is 3. The first-order valence-electron chi connectivity index (χ1n) is 10.3. The van der Waals surface area contributed by atoms with Gasteiger partial charge in [-0.2, -0.15) is 4.98 Å². The van der Waals surface area contributed by atoms with Gasteiger partial charge >= 0.3 is 0 Å². The van der Waals surface area contributed by atoms with Gasteiger partial charge in [0, 0.05) is 30.6 Å². The van der Waals surface area contributed by atoms with Crippen molar-refractivity contribution in [2.75, 3.05) is 45.8 Å². The monoisotopic (exact) mass is 419 g/mol. The van der Waals surface area contributed by atoms with E-state index < -0.39 is 0 Å². The van der Waals surface area contributed by atoms with Crippen LogP contribution in [0.1, 0.15) is 11.1 Å². The summed E-state index contributed by atoms with van der Waals surface area (Å²) in [6.45, 7) is 3.29. The highest BCUT2D eigenvalue weighted by Gasteiger charge is 2.17. The van der Waals surface area contributed by atoms with Gasteiger partial charge < -0.3 is 31.0 Å². The molecule has 0 aliphatic carbocycles. The van der Waals surface area contributed by atoms with Crippen LogP contribution in [-0.2, 0) is 13.1 Å². The average Bonchev–Trinajstić information content (AvgIpc) is 3.05. The molecule has 2 aromatic carbocycles. The number of nitrogens with two attached hydrogens (primary N) is 2. The van der Waals surface area contributed by atoms with Crippen LogP contribution in [-0.4, -0.2) is 53.7 Å². The van der Waals surface area contributed by atoms with Crippen LogP contribution in [0.2, 0.25) is 0 Å². The zero-order valence-electron chi connectivity index (χ0n) is 18.2. The van der Waals surface area contributed by atoms with Crippen LogP contribution in [0.4, 0.5) is 11.8 Å². The molecular formula is C23H29N7O. The summed E-state index contributed by atoms with van der Waals surface area (Å²) in [5, 5.41) is 4.49. The fourth-order valence-corrected chi connectivity index (χ4v) is 3.91. The summed E-state index contributed by atoms with van der Waals surface area (Å²) in [7, 11) is 5.84. The Hall–Kier alpha value is -3.36. The molecule has 0 radical (unpaired) electrons. The zero-order chi connectivity index (χ0) is 22.0. The Labute approximate surface area is 181 Å². The van der Waals surface area contributed by atoms with E-state index in [9.17, 15) is 0 Å². The summed E-state index contributed by atoms with van der Waals surface area (Å²) in [6.07, 6.45) is 0. The quantitative estimate of drug-likeness (QED) is 0.377. The number of ether oxygens (including phenoxy) is 1. The molecule has 0 fully saturated rings. The number of nitrogen functional groups attached to an aromatic ring is 2. The smallest absolute Gasteiger partial charge is 0.222 e. The molecule has 8 heteroatoms. The summed E-state index contributed by atoms with van der Waals surface area (Å²) < 4.78 is 7.80. The van der Waals surface area contributed by atoms with Crippen molar-refractivity contribution < 1.29 is 4.74 Å². The van der Waals surface area contributed by atoms with Gasteiger partial charge in [-0.3, -0.25) is 0 Å². The van der Waals surface area contributed by atoms with Gasteiger partial charge in [0.15, 0.2) is 5.82 Å². The van der Waals surface area contributed by atoms with Crippen molar-refractivity contribution in [2.45, 2.75) is 13.1 Å². The van der Waals surface area contributed by atoms with Crippen molar-refractivity contribution in [3.8, 4) is 5.75 Å². The van der Waals surface area contributed by atoms with Gasteiger partial charge in [0.05, 0.1) is 19.2 Å². The second kappa shape index (κ2) is 8.79. The molecule has 8 nitrogen and oxygen atoms in total. The largest absolute Gasteiger partial charge is 0.496 e. The van der Waals surface area contributed by atoms with E-state index in [2.05, 4.69) is 57.0 Å². The maximum absolute atomic E-state index is 6.28. The molecule has 0 atom stereocenters. The van der Waals surface area contributed by atoms with Crippen LogP contribution >= 0.6 is 0 Å². The minimum atomic E-state index is 0.177. The number of rotatable bonds is 8. The van der Waals surface area contributed by atoms with Gasteiger partial charge in [0.1, 0.15) is 16.8 Å². The van der Waals surface area contributed by atoms with Gasteiger partial charge in [-0.25, -0.2) is 4.98 Å². The Morgan fingerprint density at radius 1 is 1.10 bits per heavy atom. The number of likely N-dealkylation sites (N-methyl/N-ethyl adjacent to an activating group) is 1. The number of nitrogens with one attached hydrogen (secondary N) is 1. The lowest BCUT2D eigenvalue weighted by Crippen LogP contribution is -2.26. The first-order valence-corrected chi connectivity index (χ1v) is 10.3. The van der Waals surface area contributed by atoms with Crippen LogP contribution in [0.3, 0.4) is 0 Å². The van der Waals surface area contributed by atoms with E-state index in [1.165, 1.54) is 5.56 Å². The number of anilines is 2. The Morgan fingerprint density at radius 2 is 1.90 bits per heavy atom. The summed E-state index contributed by atoms with van der Waals surface area (Å²) in [6, 6.07) is 14.4. The topological polar surface area (TPSA) is 107 Å². The van der Waals surface area contributed by atoms with Gasteiger partial charge in [-0.1, -0.05) is 24.3 Å². The van der Waals surface area contributed by atoms with Crippen molar-refractivity contribution in [3.05, 3.63) is 53.6 Å². The molecule has 0 amide bonds. The molecule has 31 heavy (non-hydrogen) atoms. The third-order valence-electron chi connectivity index (χ3n) is 5.39. The Kier molecular flexibility index (Phi) is 5.92. The van der Waals surface area contributed by atoms with Gasteiger partial charge in [-0.15, -0.1) is 0 Å². The second-order valence-electron chi connectivity index (χ2n) is 7.89. The molecule has 162 valence electrons. The highest BCUT2D eigenvalue weighted by atomic mass is 16.5. The third-order valence-corrected chi connectivity index (χ3v) is 5.39. The van der Waals surface area contributed by atoms with Crippen LogP contribution in [0, 0.1) is 0 Å². The lowest BCUT2D eigenvalue weighted by Gasteiger charge is -2.15. The van der Waals surface area contributed by atoms with E-state index in [1.807, 2.05) is 24.3 Å². The molecule has 0 unspecified atom stereocenters. The third kappa shape index (κ3) is 4.26. The summed E-state index contributed by atoms with van der Waals surface area (Å²) in [5.74, 6) is 1.38. The molecule has 0 bridgehead atoms. The molecule has 0 saturated heterocycles. The molecule has 4 aromatic rings. The van der Waals surface area contributed by atoms with Gasteiger partial charge in [-0.05, 0) is 37.9 Å². The van der Waals surface area contributed by atoms with E-state index in [0.717, 1.165) is 52.9 Å². The fourth-order valence-electron chi connectivity index (χ4n) is 3.91. The van der Waals surface area contributed by atoms with Crippen molar-refractivity contribution in [2.24, 2.45) is 0 Å². The number of hydrogen-bond donors (Lipinski definition) is 3. The molecule has 0 spiro atoms. The SMILES string of the molecule is COc1ccc(CNCCN(C)C)cc1Cn1c2ccccc2c2nc(N)nc(N)c21. The molecule has 4 rings (SSSR count). The normalized spacial score (nSPS) is 11.6. The molecule has 0 aliphatic rings. The molecular weight excluding hydrogens is 390 g/mol. The molecule has 0 saturated carbocycles. The zero-order valence-corrected chi connectivity index (χ0v) is 18.2. The summed E-state index contributed by atoms with van der Waals surface area (Å²) >= 11 is 0. The van der Waals surface area contributed by atoms with Crippen LogP contribution in [0.5, 0.6) is 5.75 Å². The van der Waals surface area contributed by atoms with Crippen LogP contribution < -0.4 is 21.5 Å². The predicted molar refractivity (Wildman–Crippen MR) is 126 cm³/mol. The van der Waals surface area contributed by atoms with E-state index >= 15 is 0 Å². The second-order valence-corrected chi connectivity index (χ2v) is 7.89. The van der Waals surface area contributed by atoms with Crippen molar-refractivity contribution in [1.82, 2.24) is 24.8 Å². The van der Waals surface area contributed by atoms with Gasteiger partial charge in [0.25, 0.3) is 0 Å². The minimum absolute atomic E-state index is 0.177. The average molecular weight is 420 g/mol. The lowest BCUT2D eigenvalue weighted by atomic mass is 10.1. The first-order chi connectivity index (χ1) is 15.0. The molecule has 0 aliphatic heterocycles. The standard InChI is InChI=1S/C23H29N7O/c1-29(2)11-10-26-13-15-8-9-19(31-3)16(12-15)14-30-18-7-5-4-6-17(18)20-21(30)22(24)28-23(25)27-20/h4-9,12,26H,10-11,13-14H2,1-3H3,(H4,24,25,27,28). The van der Waals surface area contributed by atoms with Gasteiger partial charge in [0.2, 0.25) is 5.95 Å². The Bertz CT molecular complexity index is 1220. The van der Waals surface area contributed by atoms with E-state index in [1.54, 1.807) is 7.11 Å². The first kappa shape index (κ1) is 20.9. The molecule has 2 heterocycles. The minimum Gasteiger partial charge on any atom is -0.496 e. The Balaban J connectivity index is 1.73. The fraction of sp³-hybridized carbons (Fsp3) is 0.304. The number of para-hydroxylation sites is 1. The number of hydrogen-bond acceptors (Lipinski definition) is 7. The van der Waals surface area contributed by atoms with Crippen LogP contribution in [0.25, 0.3) is 21.9 Å². The predicted octanol–water partition coefficient (Wildman–Crippen LogP) is 2.46. The number of benzene rings is 2. The highest BCUT2D eigenvalue weighted by molar-refractivity contribution is 6.09. The number of aromatic nitrogens is 3. The maximum atomic E-state index is 6.28. The molecule has 5 N–H and O–H groups in total. The Morgan fingerprint density at radius 3 is 2.68 bits per heavy atom. The highest BCUT2D eigenvalue weighted by Crippen LogP contribution is 2.33. The van der Waals surface area contributed by atoms with E-state index in [-0.39, 0.29) is 5.95 Å².